The number of halogens is 2. The maximum atomic E-state index is 13.2. The number of fused-ring (bicyclic) bond motifs is 1. The molecule has 0 amide bonds. The lowest BCUT2D eigenvalue weighted by atomic mass is 10.1. The number of para-hydroxylation sites is 1. The van der Waals surface area contributed by atoms with Crippen molar-refractivity contribution in [1.29, 1.82) is 0 Å². The van der Waals surface area contributed by atoms with E-state index in [9.17, 15) is 13.6 Å². The summed E-state index contributed by atoms with van der Waals surface area (Å²) in [6.07, 6.45) is 0. The number of ketones is 1. The topological polar surface area (TPSA) is 56.2 Å². The van der Waals surface area contributed by atoms with Crippen molar-refractivity contribution in [2.45, 2.75) is 0 Å². The van der Waals surface area contributed by atoms with Gasteiger partial charge in [-0.2, -0.15) is 0 Å². The van der Waals surface area contributed by atoms with Crippen LogP contribution in [0.5, 0.6) is 0 Å². The fourth-order valence-electron chi connectivity index (χ4n) is 2.00. The summed E-state index contributed by atoms with van der Waals surface area (Å²) in [5.41, 5.74) is 6.50. The molecule has 3 nitrogen and oxygen atoms in total. The third-order valence-electron chi connectivity index (χ3n) is 3.02. The van der Waals surface area contributed by atoms with Crippen LogP contribution in [0.4, 0.5) is 14.5 Å². The second kappa shape index (κ2) is 4.45. The van der Waals surface area contributed by atoms with Crippen LogP contribution in [-0.2, 0) is 0 Å². The molecule has 100 valence electrons. The van der Waals surface area contributed by atoms with Gasteiger partial charge in [0, 0.05) is 10.9 Å². The summed E-state index contributed by atoms with van der Waals surface area (Å²) in [6, 6.07) is 9.81. The first-order valence-electron chi connectivity index (χ1n) is 5.84. The highest BCUT2D eigenvalue weighted by atomic mass is 19.2. The van der Waals surface area contributed by atoms with Crippen LogP contribution in [0, 0.1) is 11.6 Å². The Morgan fingerprint density at radius 2 is 1.80 bits per heavy atom. The minimum Gasteiger partial charge on any atom is -0.450 e. The molecule has 20 heavy (non-hydrogen) atoms. The van der Waals surface area contributed by atoms with Crippen molar-refractivity contribution in [1.82, 2.24) is 0 Å². The van der Waals surface area contributed by atoms with Crippen LogP contribution in [0.2, 0.25) is 0 Å². The number of rotatable bonds is 2. The minimum atomic E-state index is -1.09. The quantitative estimate of drug-likeness (QED) is 0.727. The molecular formula is C15H9F2NO2. The molecule has 0 bridgehead atoms. The predicted octanol–water partition coefficient (Wildman–Crippen LogP) is 3.52. The van der Waals surface area contributed by atoms with E-state index in [2.05, 4.69) is 0 Å². The predicted molar refractivity (Wildman–Crippen MR) is 70.4 cm³/mol. The number of anilines is 1. The van der Waals surface area contributed by atoms with Gasteiger partial charge in [0.2, 0.25) is 5.78 Å². The van der Waals surface area contributed by atoms with Crippen molar-refractivity contribution in [3.8, 4) is 0 Å². The zero-order valence-electron chi connectivity index (χ0n) is 10.2. The van der Waals surface area contributed by atoms with Crippen LogP contribution < -0.4 is 5.73 Å². The van der Waals surface area contributed by atoms with Crippen molar-refractivity contribution in [3.05, 3.63) is 65.4 Å². The third-order valence-corrected chi connectivity index (χ3v) is 3.02. The molecule has 1 aromatic heterocycles. The van der Waals surface area contributed by atoms with Gasteiger partial charge in [-0.05, 0) is 30.3 Å². The van der Waals surface area contributed by atoms with E-state index in [0.29, 0.717) is 11.0 Å². The van der Waals surface area contributed by atoms with Gasteiger partial charge in [-0.3, -0.25) is 4.79 Å². The van der Waals surface area contributed by atoms with E-state index in [0.717, 1.165) is 12.1 Å². The Labute approximate surface area is 112 Å². The largest absolute Gasteiger partial charge is 0.450 e. The maximum Gasteiger partial charge on any atom is 0.230 e. The Bertz CT molecular complexity index is 824. The molecule has 3 rings (SSSR count). The molecule has 0 atom stereocenters. The van der Waals surface area contributed by atoms with Crippen LogP contribution in [0.3, 0.4) is 0 Å². The average Bonchev–Trinajstić information content (AvgIpc) is 2.79. The fraction of sp³-hybridized carbons (Fsp3) is 0. The SMILES string of the molecule is Nc1c(C(=O)c2ccc(F)c(F)c2)oc2ccccc12. The highest BCUT2D eigenvalue weighted by Gasteiger charge is 2.20. The first-order valence-corrected chi connectivity index (χ1v) is 5.84. The standard InChI is InChI=1S/C15H9F2NO2/c16-10-6-5-8(7-11(10)17)14(19)15-13(18)9-3-1-2-4-12(9)20-15/h1-7H,18H2. The number of nitrogen functional groups attached to an aromatic ring is 1. The molecule has 0 spiro atoms. The first-order chi connectivity index (χ1) is 9.58. The van der Waals surface area contributed by atoms with Gasteiger partial charge in [-0.1, -0.05) is 12.1 Å². The zero-order chi connectivity index (χ0) is 14.3. The molecule has 0 fully saturated rings. The smallest absolute Gasteiger partial charge is 0.230 e. The first kappa shape index (κ1) is 12.3. The molecule has 0 radical (unpaired) electrons. The number of hydrogen-bond donors (Lipinski definition) is 1. The number of hydrogen-bond acceptors (Lipinski definition) is 3. The van der Waals surface area contributed by atoms with E-state index in [1.54, 1.807) is 24.3 Å². The van der Waals surface area contributed by atoms with E-state index in [1.165, 1.54) is 6.07 Å². The van der Waals surface area contributed by atoms with Gasteiger partial charge in [0.1, 0.15) is 5.58 Å². The van der Waals surface area contributed by atoms with Crippen LogP contribution in [0.15, 0.2) is 46.9 Å². The minimum absolute atomic E-state index is 0.0188. The monoisotopic (exact) mass is 273 g/mol. The molecular weight excluding hydrogens is 264 g/mol. The lowest BCUT2D eigenvalue weighted by Crippen LogP contribution is -2.04. The Morgan fingerprint density at radius 3 is 2.50 bits per heavy atom. The molecule has 0 aliphatic rings. The van der Waals surface area contributed by atoms with Gasteiger partial charge in [0.15, 0.2) is 17.4 Å². The average molecular weight is 273 g/mol. The summed E-state index contributed by atoms with van der Waals surface area (Å²) in [7, 11) is 0. The van der Waals surface area contributed by atoms with Crippen molar-refractivity contribution in [3.63, 3.8) is 0 Å². The van der Waals surface area contributed by atoms with Gasteiger partial charge in [-0.15, -0.1) is 0 Å². The molecule has 0 unspecified atom stereocenters. The van der Waals surface area contributed by atoms with Crippen LogP contribution in [-0.4, -0.2) is 5.78 Å². The zero-order valence-corrected chi connectivity index (χ0v) is 10.2. The molecule has 0 aliphatic heterocycles. The fourth-order valence-corrected chi connectivity index (χ4v) is 2.00. The number of furan rings is 1. The van der Waals surface area contributed by atoms with Crippen molar-refractivity contribution < 1.29 is 18.0 Å². The molecule has 2 N–H and O–H groups in total. The Hall–Kier alpha value is -2.69. The Balaban J connectivity index is 2.12. The summed E-state index contributed by atoms with van der Waals surface area (Å²) in [6.45, 7) is 0. The Kier molecular flexibility index (Phi) is 2.75. The number of benzene rings is 2. The second-order valence-electron chi connectivity index (χ2n) is 4.30. The van der Waals surface area contributed by atoms with E-state index in [1.807, 2.05) is 0 Å². The number of nitrogens with two attached hydrogens (primary N) is 1. The molecule has 0 saturated carbocycles. The summed E-state index contributed by atoms with van der Waals surface area (Å²) in [5, 5.41) is 0.610. The molecule has 3 aromatic rings. The van der Waals surface area contributed by atoms with Gasteiger partial charge >= 0.3 is 0 Å². The van der Waals surface area contributed by atoms with Crippen molar-refractivity contribution in [2.24, 2.45) is 0 Å². The van der Waals surface area contributed by atoms with E-state index < -0.39 is 17.4 Å². The summed E-state index contributed by atoms with van der Waals surface area (Å²) in [4.78, 5) is 12.2. The second-order valence-corrected chi connectivity index (χ2v) is 4.30. The molecule has 5 heteroatoms. The Morgan fingerprint density at radius 1 is 1.05 bits per heavy atom. The molecule has 1 heterocycles. The van der Waals surface area contributed by atoms with Gasteiger partial charge in [0.05, 0.1) is 5.69 Å². The van der Waals surface area contributed by atoms with Gasteiger partial charge in [-0.25, -0.2) is 8.78 Å². The van der Waals surface area contributed by atoms with Gasteiger partial charge < -0.3 is 10.2 Å². The highest BCUT2D eigenvalue weighted by Crippen LogP contribution is 2.29. The summed E-state index contributed by atoms with van der Waals surface area (Å²) in [5.74, 6) is -2.76. The summed E-state index contributed by atoms with van der Waals surface area (Å²) >= 11 is 0. The van der Waals surface area contributed by atoms with Crippen LogP contribution in [0.1, 0.15) is 16.1 Å². The lowest BCUT2D eigenvalue weighted by molar-refractivity contribution is 0.101. The lowest BCUT2D eigenvalue weighted by Gasteiger charge is -2.00. The normalized spacial score (nSPS) is 10.9. The van der Waals surface area contributed by atoms with Crippen LogP contribution >= 0.6 is 0 Å². The van der Waals surface area contributed by atoms with E-state index in [4.69, 9.17) is 10.2 Å². The molecule has 0 saturated heterocycles. The highest BCUT2D eigenvalue weighted by molar-refractivity contribution is 6.14. The summed E-state index contributed by atoms with van der Waals surface area (Å²) < 4.78 is 31.4. The molecule has 0 aliphatic carbocycles. The van der Waals surface area contributed by atoms with Crippen LogP contribution in [0.25, 0.3) is 11.0 Å². The third kappa shape index (κ3) is 1.84. The van der Waals surface area contributed by atoms with Gasteiger partial charge in [0.25, 0.3) is 0 Å². The van der Waals surface area contributed by atoms with Crippen molar-refractivity contribution >= 4 is 22.4 Å². The van der Waals surface area contributed by atoms with E-state index in [-0.39, 0.29) is 17.0 Å². The maximum absolute atomic E-state index is 13.2. The van der Waals surface area contributed by atoms with E-state index >= 15 is 0 Å². The van der Waals surface area contributed by atoms with Crippen molar-refractivity contribution in [2.75, 3.05) is 5.73 Å². The number of carbonyl (C=O) groups excluding carboxylic acids is 1. The number of carbonyl (C=O) groups is 1. The molecule has 2 aromatic carbocycles.